The minimum atomic E-state index is -0.493. The van der Waals surface area contributed by atoms with Crippen LogP contribution in [0.25, 0.3) is 11.0 Å². The Morgan fingerprint density at radius 1 is 1.28 bits per heavy atom. The van der Waals surface area contributed by atoms with Gasteiger partial charge in [0.15, 0.2) is 5.82 Å². The van der Waals surface area contributed by atoms with Crippen LogP contribution in [-0.2, 0) is 9.53 Å². The zero-order valence-electron chi connectivity index (χ0n) is 17.8. The second-order valence-corrected chi connectivity index (χ2v) is 8.07. The Labute approximate surface area is 189 Å². The van der Waals surface area contributed by atoms with Crippen molar-refractivity contribution < 1.29 is 13.9 Å². The van der Waals surface area contributed by atoms with Crippen LogP contribution in [-0.4, -0.2) is 70.6 Å². The lowest BCUT2D eigenvalue weighted by atomic mass is 10.1. The van der Waals surface area contributed by atoms with Crippen molar-refractivity contribution in [2.24, 2.45) is 0 Å². The average Bonchev–Trinajstić information content (AvgIpc) is 2.80. The van der Waals surface area contributed by atoms with Crippen molar-refractivity contribution in [1.29, 1.82) is 0 Å². The summed E-state index contributed by atoms with van der Waals surface area (Å²) in [5.41, 5.74) is 1.72. The van der Waals surface area contributed by atoms with E-state index in [0.29, 0.717) is 41.6 Å². The van der Waals surface area contributed by atoms with Gasteiger partial charge in [0.25, 0.3) is 0 Å². The van der Waals surface area contributed by atoms with Gasteiger partial charge in [0.2, 0.25) is 11.9 Å². The lowest BCUT2D eigenvalue weighted by molar-refractivity contribution is -0.136. The maximum atomic E-state index is 13.5. The third-order valence-corrected chi connectivity index (χ3v) is 5.50. The van der Waals surface area contributed by atoms with Crippen molar-refractivity contribution in [3.8, 4) is 0 Å². The molecule has 0 bridgehead atoms. The summed E-state index contributed by atoms with van der Waals surface area (Å²) < 4.78 is 19.2. The van der Waals surface area contributed by atoms with Gasteiger partial charge in [-0.3, -0.25) is 4.79 Å². The molecule has 0 atom stereocenters. The average molecular weight is 460 g/mol. The first-order valence-corrected chi connectivity index (χ1v) is 10.5. The number of fused-ring (bicyclic) bond motifs is 1. The first-order chi connectivity index (χ1) is 15.4. The maximum absolute atomic E-state index is 13.5. The van der Waals surface area contributed by atoms with Crippen LogP contribution in [0.2, 0.25) is 5.02 Å². The largest absolute Gasteiger partial charge is 0.368 e. The molecule has 32 heavy (non-hydrogen) atoms. The Bertz CT molecular complexity index is 1120. The van der Waals surface area contributed by atoms with E-state index in [4.69, 9.17) is 16.3 Å². The van der Waals surface area contributed by atoms with Crippen molar-refractivity contribution in [1.82, 2.24) is 24.8 Å². The second kappa shape index (κ2) is 9.58. The molecular weight excluding hydrogens is 437 g/mol. The number of rotatable bonds is 6. The zero-order valence-corrected chi connectivity index (χ0v) is 18.5. The van der Waals surface area contributed by atoms with E-state index in [0.717, 1.165) is 12.8 Å². The molecule has 0 unspecified atom stereocenters. The fraction of sp³-hybridized carbons (Fsp3) is 0.381. The minimum absolute atomic E-state index is 0.0149. The summed E-state index contributed by atoms with van der Waals surface area (Å²) in [6.45, 7) is 1.50. The fourth-order valence-electron chi connectivity index (χ4n) is 3.34. The molecule has 1 aromatic carbocycles. The number of anilines is 3. The molecule has 168 valence electrons. The highest BCUT2D eigenvalue weighted by atomic mass is 35.5. The van der Waals surface area contributed by atoms with Crippen molar-refractivity contribution in [3.63, 3.8) is 0 Å². The number of nitrogens with one attached hydrogen (secondary N) is 1. The van der Waals surface area contributed by atoms with Gasteiger partial charge in [0, 0.05) is 32.9 Å². The Hall–Kier alpha value is -3.11. The van der Waals surface area contributed by atoms with E-state index >= 15 is 0 Å². The van der Waals surface area contributed by atoms with Crippen LogP contribution in [0.15, 0.2) is 30.7 Å². The highest BCUT2D eigenvalue weighted by Gasteiger charge is 2.23. The van der Waals surface area contributed by atoms with Crippen LogP contribution >= 0.6 is 11.6 Å². The van der Waals surface area contributed by atoms with Gasteiger partial charge in [-0.1, -0.05) is 11.6 Å². The van der Waals surface area contributed by atoms with E-state index in [1.54, 1.807) is 26.4 Å². The quantitative estimate of drug-likeness (QED) is 0.601. The van der Waals surface area contributed by atoms with Crippen molar-refractivity contribution in [2.45, 2.75) is 18.9 Å². The summed E-state index contributed by atoms with van der Waals surface area (Å²) in [6, 6.07) is 4.34. The van der Waals surface area contributed by atoms with Gasteiger partial charge in [-0.15, -0.1) is 0 Å². The van der Waals surface area contributed by atoms with E-state index < -0.39 is 5.82 Å². The van der Waals surface area contributed by atoms with Gasteiger partial charge < -0.3 is 19.9 Å². The predicted octanol–water partition coefficient (Wildman–Crippen LogP) is 3.03. The molecule has 1 saturated heterocycles. The Kier molecular flexibility index (Phi) is 6.61. The molecule has 11 heteroatoms. The number of nitrogens with zero attached hydrogens (tertiary/aromatic N) is 6. The number of aromatic nitrogens is 4. The molecule has 4 rings (SSSR count). The maximum Gasteiger partial charge on any atom is 0.248 e. The van der Waals surface area contributed by atoms with Gasteiger partial charge in [-0.2, -0.15) is 0 Å². The second-order valence-electron chi connectivity index (χ2n) is 7.67. The Morgan fingerprint density at radius 2 is 2.06 bits per heavy atom. The molecule has 1 amide bonds. The number of benzene rings is 1. The van der Waals surface area contributed by atoms with Gasteiger partial charge in [-0.25, -0.2) is 24.3 Å². The number of piperidine rings is 1. The minimum Gasteiger partial charge on any atom is -0.368 e. The van der Waals surface area contributed by atoms with E-state index in [1.165, 1.54) is 23.4 Å². The molecule has 9 nitrogen and oxygen atoms in total. The van der Waals surface area contributed by atoms with E-state index in [-0.39, 0.29) is 23.6 Å². The van der Waals surface area contributed by atoms with E-state index in [9.17, 15) is 9.18 Å². The summed E-state index contributed by atoms with van der Waals surface area (Å²) in [7, 11) is 3.42. The standard InChI is InChI=1S/C21H23ClFN7O2/c1-29(2)18(31)11-32-14-5-7-30(8-6-14)21-24-10-17-19(28-21)20(26-12-25-17)27-13-3-4-16(23)15(22)9-13/h3-4,9-10,12,14H,5-8,11H2,1-2H3,(H,25,26,27). The molecule has 0 radical (unpaired) electrons. The summed E-state index contributed by atoms with van der Waals surface area (Å²) in [5, 5.41) is 3.14. The number of likely N-dealkylation sites (N-methyl/N-ethyl adjacent to an activating group) is 1. The van der Waals surface area contributed by atoms with E-state index in [2.05, 4.69) is 30.2 Å². The van der Waals surface area contributed by atoms with E-state index in [1.807, 2.05) is 0 Å². The zero-order chi connectivity index (χ0) is 22.7. The molecular formula is C21H23ClFN7O2. The number of hydrogen-bond donors (Lipinski definition) is 1. The molecule has 1 N–H and O–H groups in total. The van der Waals surface area contributed by atoms with Gasteiger partial charge in [-0.05, 0) is 31.0 Å². The van der Waals surface area contributed by atoms with Crippen LogP contribution < -0.4 is 10.2 Å². The summed E-state index contributed by atoms with van der Waals surface area (Å²) in [6.07, 6.45) is 4.63. The number of carbonyl (C=O) groups is 1. The molecule has 0 spiro atoms. The van der Waals surface area contributed by atoms with Crippen molar-refractivity contribution >= 4 is 46.0 Å². The van der Waals surface area contributed by atoms with Crippen LogP contribution in [0.5, 0.6) is 0 Å². The third-order valence-electron chi connectivity index (χ3n) is 5.21. The SMILES string of the molecule is CN(C)C(=O)COC1CCN(c2ncc3ncnc(Nc4ccc(F)c(Cl)c4)c3n2)CC1. The fourth-order valence-corrected chi connectivity index (χ4v) is 3.52. The smallest absolute Gasteiger partial charge is 0.248 e. The normalized spacial score (nSPS) is 14.6. The number of amides is 1. The molecule has 3 aromatic rings. The topological polar surface area (TPSA) is 96.4 Å². The highest BCUT2D eigenvalue weighted by molar-refractivity contribution is 6.31. The number of halogens is 2. The lowest BCUT2D eigenvalue weighted by Crippen LogP contribution is -2.39. The van der Waals surface area contributed by atoms with Gasteiger partial charge in [0.1, 0.15) is 29.8 Å². The summed E-state index contributed by atoms with van der Waals surface area (Å²) in [5.74, 6) is 0.498. The lowest BCUT2D eigenvalue weighted by Gasteiger charge is -2.32. The van der Waals surface area contributed by atoms with Crippen LogP contribution in [0, 0.1) is 5.82 Å². The van der Waals surface area contributed by atoms with Crippen molar-refractivity contribution in [2.75, 3.05) is 44.0 Å². The first kappa shape index (κ1) is 22.1. The Morgan fingerprint density at radius 3 is 2.78 bits per heavy atom. The molecule has 0 aliphatic carbocycles. The molecule has 1 fully saturated rings. The van der Waals surface area contributed by atoms with Crippen LogP contribution in [0.4, 0.5) is 21.8 Å². The van der Waals surface area contributed by atoms with Gasteiger partial charge in [0.05, 0.1) is 17.3 Å². The molecule has 1 aliphatic heterocycles. The molecule has 2 aromatic heterocycles. The predicted molar refractivity (Wildman–Crippen MR) is 120 cm³/mol. The van der Waals surface area contributed by atoms with Gasteiger partial charge >= 0.3 is 0 Å². The molecule has 3 heterocycles. The monoisotopic (exact) mass is 459 g/mol. The Balaban J connectivity index is 1.47. The molecule has 1 aliphatic rings. The summed E-state index contributed by atoms with van der Waals surface area (Å²) in [4.78, 5) is 33.0. The number of hydrogen-bond acceptors (Lipinski definition) is 8. The number of ether oxygens (including phenoxy) is 1. The summed E-state index contributed by atoms with van der Waals surface area (Å²) >= 11 is 5.88. The first-order valence-electron chi connectivity index (χ1n) is 10.2. The highest BCUT2D eigenvalue weighted by Crippen LogP contribution is 2.26. The molecule has 0 saturated carbocycles. The third kappa shape index (κ3) is 5.03. The van der Waals surface area contributed by atoms with Crippen molar-refractivity contribution in [3.05, 3.63) is 41.6 Å². The van der Waals surface area contributed by atoms with Crippen LogP contribution in [0.3, 0.4) is 0 Å². The van der Waals surface area contributed by atoms with Crippen LogP contribution in [0.1, 0.15) is 12.8 Å². The number of carbonyl (C=O) groups excluding carboxylic acids is 1.